The number of fused-ring (bicyclic) bond motifs is 1. The van der Waals surface area contributed by atoms with Crippen LogP contribution in [0.2, 0.25) is 0 Å². The normalized spacial score (nSPS) is 14.5. The molecule has 0 spiro atoms. The van der Waals surface area contributed by atoms with Crippen LogP contribution in [0.1, 0.15) is 37.8 Å². The molecule has 212 valence electrons. The quantitative estimate of drug-likeness (QED) is 0.223. The molecule has 0 atom stereocenters. The van der Waals surface area contributed by atoms with Crippen molar-refractivity contribution in [3.63, 3.8) is 0 Å². The van der Waals surface area contributed by atoms with E-state index < -0.39 is 11.6 Å². The lowest BCUT2D eigenvalue weighted by Gasteiger charge is -2.26. The number of aromatic amines is 1. The Labute approximate surface area is 236 Å². The smallest absolute Gasteiger partial charge is 0.150 e. The summed E-state index contributed by atoms with van der Waals surface area (Å²) in [5.41, 5.74) is 4.91. The minimum Gasteiger partial charge on any atom is -0.457 e. The van der Waals surface area contributed by atoms with E-state index in [9.17, 15) is 8.78 Å². The van der Waals surface area contributed by atoms with Crippen LogP contribution in [-0.4, -0.2) is 55.7 Å². The maximum Gasteiger partial charge on any atom is 0.150 e. The third-order valence-corrected chi connectivity index (χ3v) is 8.07. The summed E-state index contributed by atoms with van der Waals surface area (Å²) < 4.78 is 34.2. The molecule has 1 fully saturated rings. The molecule has 1 aliphatic rings. The van der Waals surface area contributed by atoms with Crippen molar-refractivity contribution in [1.82, 2.24) is 9.88 Å². The van der Waals surface area contributed by atoms with E-state index >= 15 is 0 Å². The third kappa shape index (κ3) is 6.25. The van der Waals surface area contributed by atoms with Crippen LogP contribution in [0.3, 0.4) is 0 Å². The molecule has 0 saturated carbocycles. The number of anilines is 2. The van der Waals surface area contributed by atoms with Crippen LogP contribution < -0.4 is 14.5 Å². The summed E-state index contributed by atoms with van der Waals surface area (Å²) in [6.45, 7) is 13.3. The topological polar surface area (TPSA) is 34.7 Å². The number of nitrogens with zero attached hydrogens (tertiary/aromatic N) is 3. The van der Waals surface area contributed by atoms with Gasteiger partial charge in [0.2, 0.25) is 0 Å². The monoisotopic (exact) mass is 546 g/mol. The van der Waals surface area contributed by atoms with Crippen LogP contribution in [0.15, 0.2) is 60.8 Å². The van der Waals surface area contributed by atoms with Crippen molar-refractivity contribution in [2.24, 2.45) is 0 Å². The second-order valence-corrected chi connectivity index (χ2v) is 10.6. The van der Waals surface area contributed by atoms with Gasteiger partial charge in [0.05, 0.1) is 5.52 Å². The first-order valence-electron chi connectivity index (χ1n) is 14.5. The highest BCUT2D eigenvalue weighted by atomic mass is 19.1. The summed E-state index contributed by atoms with van der Waals surface area (Å²) in [5, 5.41) is 0.650. The van der Waals surface area contributed by atoms with Gasteiger partial charge in [-0.15, -0.1) is 0 Å². The molecule has 4 aromatic rings. The Morgan fingerprint density at radius 1 is 0.950 bits per heavy atom. The van der Waals surface area contributed by atoms with E-state index in [1.807, 2.05) is 12.3 Å². The van der Waals surface area contributed by atoms with Gasteiger partial charge >= 0.3 is 0 Å². The van der Waals surface area contributed by atoms with Crippen LogP contribution in [0.5, 0.6) is 11.5 Å². The molecular formula is C33H40F2N4O. The van der Waals surface area contributed by atoms with E-state index in [0.29, 0.717) is 10.9 Å². The molecule has 0 aliphatic carbocycles. The third-order valence-electron chi connectivity index (χ3n) is 8.07. The number of H-pyrrole nitrogens is 1. The zero-order valence-electron chi connectivity index (χ0n) is 23.9. The highest BCUT2D eigenvalue weighted by Crippen LogP contribution is 2.34. The molecule has 3 aromatic carbocycles. The minimum absolute atomic E-state index is 0.389. The largest absolute Gasteiger partial charge is 0.457 e. The molecule has 40 heavy (non-hydrogen) atoms. The number of rotatable bonds is 10. The Morgan fingerprint density at radius 3 is 2.60 bits per heavy atom. The number of aryl methyl sites for hydroxylation is 1. The molecule has 2 heterocycles. The lowest BCUT2D eigenvalue weighted by Crippen LogP contribution is -2.31. The summed E-state index contributed by atoms with van der Waals surface area (Å²) >= 11 is 0. The maximum atomic E-state index is 14.0. The molecule has 1 aromatic heterocycles. The van der Waals surface area contributed by atoms with E-state index in [-0.39, 0.29) is 0 Å². The number of aromatic nitrogens is 1. The fraction of sp³-hybridized carbons (Fsp3) is 0.394. The molecule has 5 rings (SSSR count). The Bertz CT molecular complexity index is 1430. The van der Waals surface area contributed by atoms with Crippen LogP contribution in [0.25, 0.3) is 10.9 Å². The first kappa shape index (κ1) is 28.0. The molecule has 0 radical (unpaired) electrons. The predicted molar refractivity (Wildman–Crippen MR) is 161 cm³/mol. The van der Waals surface area contributed by atoms with Crippen LogP contribution >= 0.6 is 0 Å². The van der Waals surface area contributed by atoms with Gasteiger partial charge in [0.15, 0.2) is 0 Å². The first-order chi connectivity index (χ1) is 19.5. The molecule has 0 bridgehead atoms. The average molecular weight is 547 g/mol. The molecule has 0 unspecified atom stereocenters. The molecule has 5 nitrogen and oxygen atoms in total. The number of hydrogen-bond donors (Lipinski definition) is 1. The molecule has 1 N–H and O–H groups in total. The Kier molecular flexibility index (Phi) is 8.90. The lowest BCUT2D eigenvalue weighted by molar-refractivity contribution is 0.290. The number of halogens is 2. The van der Waals surface area contributed by atoms with Gasteiger partial charge in [-0.05, 0) is 89.0 Å². The van der Waals surface area contributed by atoms with Gasteiger partial charge in [-0.3, -0.25) is 0 Å². The second kappa shape index (κ2) is 12.7. The van der Waals surface area contributed by atoms with Gasteiger partial charge in [0, 0.05) is 73.4 Å². The van der Waals surface area contributed by atoms with Crippen molar-refractivity contribution < 1.29 is 13.5 Å². The van der Waals surface area contributed by atoms with Gasteiger partial charge in [-0.2, -0.15) is 0 Å². The Morgan fingerprint density at radius 2 is 1.77 bits per heavy atom. The highest BCUT2D eigenvalue weighted by molar-refractivity contribution is 5.83. The Balaban J connectivity index is 1.19. The maximum absolute atomic E-state index is 14.0. The first-order valence-corrected chi connectivity index (χ1v) is 14.5. The number of ether oxygens (including phenoxy) is 1. The van der Waals surface area contributed by atoms with Crippen molar-refractivity contribution in [2.75, 3.05) is 55.6 Å². The van der Waals surface area contributed by atoms with Crippen molar-refractivity contribution in [3.8, 4) is 11.5 Å². The second-order valence-electron chi connectivity index (χ2n) is 10.6. The number of benzene rings is 3. The van der Waals surface area contributed by atoms with E-state index in [1.54, 1.807) is 0 Å². The molecular weight excluding hydrogens is 506 g/mol. The molecule has 1 saturated heterocycles. The summed E-state index contributed by atoms with van der Waals surface area (Å²) in [6, 6.07) is 17.0. The fourth-order valence-electron chi connectivity index (χ4n) is 5.86. The number of hydrogen-bond acceptors (Lipinski definition) is 4. The van der Waals surface area contributed by atoms with E-state index in [1.165, 1.54) is 17.4 Å². The molecule has 1 aliphatic heterocycles. The summed E-state index contributed by atoms with van der Waals surface area (Å²) in [6.07, 6.45) is 4.63. The molecule has 0 amide bonds. The van der Waals surface area contributed by atoms with Gasteiger partial charge in [0.1, 0.15) is 23.1 Å². The SMILES string of the molecule is CCN(CC)c1cccc(Oc2cccc(N3CCCN(CCCc4c[nH]c5c(F)cc(F)cc45)CC3)c2C)c1. The van der Waals surface area contributed by atoms with Crippen LogP contribution in [-0.2, 0) is 6.42 Å². The van der Waals surface area contributed by atoms with E-state index in [0.717, 1.165) is 93.8 Å². The highest BCUT2D eigenvalue weighted by Gasteiger charge is 2.19. The average Bonchev–Trinajstić information content (AvgIpc) is 3.20. The summed E-state index contributed by atoms with van der Waals surface area (Å²) in [5.74, 6) is 0.678. The minimum atomic E-state index is -0.535. The van der Waals surface area contributed by atoms with Gasteiger partial charge in [-0.25, -0.2) is 8.78 Å². The van der Waals surface area contributed by atoms with E-state index in [2.05, 4.69) is 76.9 Å². The van der Waals surface area contributed by atoms with Gasteiger partial charge in [-0.1, -0.05) is 12.1 Å². The van der Waals surface area contributed by atoms with Gasteiger partial charge < -0.3 is 24.4 Å². The predicted octanol–water partition coefficient (Wildman–Crippen LogP) is 7.54. The van der Waals surface area contributed by atoms with Crippen molar-refractivity contribution >= 4 is 22.3 Å². The summed E-state index contributed by atoms with van der Waals surface area (Å²) in [7, 11) is 0. The fourth-order valence-corrected chi connectivity index (χ4v) is 5.86. The van der Waals surface area contributed by atoms with Crippen LogP contribution in [0.4, 0.5) is 20.2 Å². The zero-order chi connectivity index (χ0) is 28.1. The van der Waals surface area contributed by atoms with Crippen molar-refractivity contribution in [2.45, 2.75) is 40.0 Å². The standard InChI is InChI=1S/C33H40F2N4O/c1-4-38(5-2)27-11-6-12-28(22-27)40-32-14-7-13-31(24(32)3)39-17-9-16-37(18-19-39)15-8-10-25-23-36-33-29(25)20-26(34)21-30(33)35/h6-7,11-14,20-23,36H,4-5,8-10,15-19H2,1-3H3. The van der Waals surface area contributed by atoms with Crippen LogP contribution in [0, 0.1) is 18.6 Å². The number of nitrogens with one attached hydrogen (secondary N) is 1. The summed E-state index contributed by atoms with van der Waals surface area (Å²) in [4.78, 5) is 10.3. The van der Waals surface area contributed by atoms with Crippen molar-refractivity contribution in [1.29, 1.82) is 0 Å². The van der Waals surface area contributed by atoms with E-state index in [4.69, 9.17) is 4.74 Å². The Hall–Kier alpha value is -3.58. The van der Waals surface area contributed by atoms with Gasteiger partial charge in [0.25, 0.3) is 0 Å². The van der Waals surface area contributed by atoms with Crippen molar-refractivity contribution in [3.05, 3.63) is 83.6 Å². The lowest BCUT2D eigenvalue weighted by atomic mass is 10.1. The zero-order valence-corrected chi connectivity index (χ0v) is 23.9. The molecule has 7 heteroatoms.